The molecule has 2 heteroatoms. The van der Waals surface area contributed by atoms with E-state index in [4.69, 9.17) is 0 Å². The first-order valence-corrected chi connectivity index (χ1v) is 7.92. The molecule has 108 valence electrons. The maximum absolute atomic E-state index is 12.0. The average Bonchev–Trinajstić information content (AvgIpc) is 2.46. The van der Waals surface area contributed by atoms with Gasteiger partial charge in [0.2, 0.25) is 0 Å². The summed E-state index contributed by atoms with van der Waals surface area (Å²) >= 11 is 0. The fourth-order valence-corrected chi connectivity index (χ4v) is 2.66. The van der Waals surface area contributed by atoms with E-state index >= 15 is 0 Å². The quantitative estimate of drug-likeness (QED) is 0.686. The lowest BCUT2D eigenvalue weighted by Crippen LogP contribution is -2.05. The van der Waals surface area contributed by atoms with Crippen LogP contribution in [0.1, 0.15) is 57.6 Å². The number of H-pyrrole nitrogens is 1. The molecule has 0 fully saturated rings. The van der Waals surface area contributed by atoms with Crippen LogP contribution in [0.25, 0.3) is 10.9 Å². The van der Waals surface area contributed by atoms with Gasteiger partial charge in [0.05, 0.1) is 0 Å². The standard InChI is InChI=1S/C18H25NO/c1-2-3-4-5-6-7-8-11-15-14-18(20)16-12-9-10-13-17(16)19-15/h9-10,12-14H,2-8,11H2,1H3,(H,19,20). The zero-order valence-corrected chi connectivity index (χ0v) is 12.5. The third-order valence-corrected chi connectivity index (χ3v) is 3.84. The number of aryl methyl sites for hydroxylation is 1. The van der Waals surface area contributed by atoms with Crippen molar-refractivity contribution in [2.75, 3.05) is 0 Å². The lowest BCUT2D eigenvalue weighted by Gasteiger charge is -2.04. The Morgan fingerprint density at radius 1 is 0.950 bits per heavy atom. The molecule has 0 bridgehead atoms. The van der Waals surface area contributed by atoms with E-state index in [2.05, 4.69) is 11.9 Å². The SMILES string of the molecule is CCCCCCCCCc1cc(=O)c2ccccc2[nH]1. The Morgan fingerprint density at radius 2 is 1.65 bits per heavy atom. The summed E-state index contributed by atoms with van der Waals surface area (Å²) in [6, 6.07) is 9.50. The summed E-state index contributed by atoms with van der Waals surface area (Å²) in [5.74, 6) is 0. The lowest BCUT2D eigenvalue weighted by atomic mass is 10.1. The average molecular weight is 271 g/mol. The number of para-hydroxylation sites is 1. The van der Waals surface area contributed by atoms with Gasteiger partial charge >= 0.3 is 0 Å². The number of rotatable bonds is 8. The summed E-state index contributed by atoms with van der Waals surface area (Å²) < 4.78 is 0. The van der Waals surface area contributed by atoms with Crippen LogP contribution in [0, 0.1) is 0 Å². The molecule has 1 aromatic heterocycles. The van der Waals surface area contributed by atoms with Gasteiger partial charge < -0.3 is 4.98 Å². The topological polar surface area (TPSA) is 32.9 Å². The van der Waals surface area contributed by atoms with E-state index in [9.17, 15) is 4.79 Å². The number of hydrogen-bond donors (Lipinski definition) is 1. The van der Waals surface area contributed by atoms with Gasteiger partial charge in [-0.05, 0) is 25.0 Å². The molecule has 0 unspecified atom stereocenters. The van der Waals surface area contributed by atoms with Crippen molar-refractivity contribution in [3.63, 3.8) is 0 Å². The lowest BCUT2D eigenvalue weighted by molar-refractivity contribution is 0.587. The van der Waals surface area contributed by atoms with Gasteiger partial charge in [0.15, 0.2) is 5.43 Å². The first kappa shape index (κ1) is 14.8. The molecule has 2 nitrogen and oxygen atoms in total. The Kier molecular flexibility index (Phi) is 5.85. The molecule has 0 saturated heterocycles. The van der Waals surface area contributed by atoms with Gasteiger partial charge in [-0.25, -0.2) is 0 Å². The van der Waals surface area contributed by atoms with Gasteiger partial charge in [-0.1, -0.05) is 57.6 Å². The highest BCUT2D eigenvalue weighted by Crippen LogP contribution is 2.11. The molecule has 1 N–H and O–H groups in total. The molecule has 0 aliphatic carbocycles. The van der Waals surface area contributed by atoms with Crippen LogP contribution in [-0.4, -0.2) is 4.98 Å². The molecular formula is C18H25NO. The zero-order chi connectivity index (χ0) is 14.2. The molecule has 0 aliphatic rings. The van der Waals surface area contributed by atoms with Crippen LogP contribution >= 0.6 is 0 Å². The highest BCUT2D eigenvalue weighted by Gasteiger charge is 2.01. The number of fused-ring (bicyclic) bond motifs is 1. The fourth-order valence-electron chi connectivity index (χ4n) is 2.66. The number of benzene rings is 1. The van der Waals surface area contributed by atoms with Gasteiger partial charge in [0, 0.05) is 22.7 Å². The molecule has 2 rings (SSSR count). The van der Waals surface area contributed by atoms with Crippen LogP contribution < -0.4 is 5.43 Å². The molecule has 20 heavy (non-hydrogen) atoms. The van der Waals surface area contributed by atoms with Gasteiger partial charge in [-0.3, -0.25) is 4.79 Å². The van der Waals surface area contributed by atoms with Gasteiger partial charge in [0.25, 0.3) is 0 Å². The Hall–Kier alpha value is -1.57. The number of unbranched alkanes of at least 4 members (excludes halogenated alkanes) is 6. The van der Waals surface area contributed by atoms with Crippen molar-refractivity contribution in [3.05, 3.63) is 46.2 Å². The summed E-state index contributed by atoms with van der Waals surface area (Å²) in [7, 11) is 0. The summed E-state index contributed by atoms with van der Waals surface area (Å²) in [5.41, 5.74) is 2.16. The Bertz CT molecular complexity index is 585. The summed E-state index contributed by atoms with van der Waals surface area (Å²) in [4.78, 5) is 15.4. The van der Waals surface area contributed by atoms with E-state index in [0.29, 0.717) is 0 Å². The fraction of sp³-hybridized carbons (Fsp3) is 0.500. The van der Waals surface area contributed by atoms with Crippen LogP contribution in [0.4, 0.5) is 0 Å². The largest absolute Gasteiger partial charge is 0.358 e. The Morgan fingerprint density at radius 3 is 2.45 bits per heavy atom. The highest BCUT2D eigenvalue weighted by atomic mass is 16.1. The highest BCUT2D eigenvalue weighted by molar-refractivity contribution is 5.78. The van der Waals surface area contributed by atoms with Crippen molar-refractivity contribution >= 4 is 10.9 Å². The second-order valence-corrected chi connectivity index (χ2v) is 5.58. The minimum Gasteiger partial charge on any atom is -0.358 e. The van der Waals surface area contributed by atoms with Crippen LogP contribution in [0.2, 0.25) is 0 Å². The van der Waals surface area contributed by atoms with Crippen LogP contribution in [0.5, 0.6) is 0 Å². The van der Waals surface area contributed by atoms with Crippen molar-refractivity contribution in [3.8, 4) is 0 Å². The van der Waals surface area contributed by atoms with E-state index < -0.39 is 0 Å². The molecule has 0 radical (unpaired) electrons. The van der Waals surface area contributed by atoms with E-state index in [1.807, 2.05) is 24.3 Å². The molecule has 0 spiro atoms. The molecule has 0 saturated carbocycles. The third kappa shape index (κ3) is 4.22. The zero-order valence-electron chi connectivity index (χ0n) is 12.5. The van der Waals surface area contributed by atoms with Crippen LogP contribution in [-0.2, 0) is 6.42 Å². The smallest absolute Gasteiger partial charge is 0.189 e. The molecule has 1 aromatic carbocycles. The second kappa shape index (κ2) is 7.88. The van der Waals surface area contributed by atoms with Crippen LogP contribution in [0.15, 0.2) is 35.1 Å². The van der Waals surface area contributed by atoms with E-state index in [0.717, 1.165) is 23.0 Å². The van der Waals surface area contributed by atoms with Crippen molar-refractivity contribution < 1.29 is 0 Å². The minimum atomic E-state index is 0.136. The normalized spacial score (nSPS) is 11.1. The monoisotopic (exact) mass is 271 g/mol. The first-order valence-electron chi connectivity index (χ1n) is 7.92. The summed E-state index contributed by atoms with van der Waals surface area (Å²) in [5, 5.41) is 0.788. The Labute approximate surface area is 121 Å². The maximum Gasteiger partial charge on any atom is 0.189 e. The summed E-state index contributed by atoms with van der Waals surface area (Å²) in [6.45, 7) is 2.25. The van der Waals surface area contributed by atoms with Crippen molar-refractivity contribution in [1.29, 1.82) is 0 Å². The Balaban J connectivity index is 1.83. The van der Waals surface area contributed by atoms with E-state index in [1.165, 1.54) is 44.9 Å². The third-order valence-electron chi connectivity index (χ3n) is 3.84. The van der Waals surface area contributed by atoms with Crippen molar-refractivity contribution in [1.82, 2.24) is 4.98 Å². The number of nitrogens with one attached hydrogen (secondary N) is 1. The number of hydrogen-bond acceptors (Lipinski definition) is 1. The number of aromatic amines is 1. The van der Waals surface area contributed by atoms with Gasteiger partial charge in [-0.15, -0.1) is 0 Å². The minimum absolute atomic E-state index is 0.136. The second-order valence-electron chi connectivity index (χ2n) is 5.58. The molecular weight excluding hydrogens is 246 g/mol. The molecule has 0 amide bonds. The molecule has 1 heterocycles. The van der Waals surface area contributed by atoms with Crippen molar-refractivity contribution in [2.24, 2.45) is 0 Å². The molecule has 0 aliphatic heterocycles. The molecule has 0 atom stereocenters. The predicted octanol–water partition coefficient (Wildman–Crippen LogP) is 4.82. The molecule has 2 aromatic rings. The maximum atomic E-state index is 12.0. The van der Waals surface area contributed by atoms with E-state index in [1.54, 1.807) is 6.07 Å². The number of aromatic nitrogens is 1. The first-order chi connectivity index (χ1) is 9.81. The van der Waals surface area contributed by atoms with Crippen LogP contribution in [0.3, 0.4) is 0 Å². The summed E-state index contributed by atoms with van der Waals surface area (Å²) in [6.07, 6.45) is 10.1. The van der Waals surface area contributed by atoms with Gasteiger partial charge in [-0.2, -0.15) is 0 Å². The van der Waals surface area contributed by atoms with Gasteiger partial charge in [0.1, 0.15) is 0 Å². The van der Waals surface area contributed by atoms with E-state index in [-0.39, 0.29) is 5.43 Å². The number of pyridine rings is 1. The van der Waals surface area contributed by atoms with Crippen molar-refractivity contribution in [2.45, 2.75) is 58.3 Å². The predicted molar refractivity (Wildman–Crippen MR) is 86.3 cm³/mol.